The number of benzene rings is 1. The number of fused-ring (bicyclic) bond motifs is 1. The van der Waals surface area contributed by atoms with Crippen molar-refractivity contribution in [2.75, 3.05) is 13.1 Å². The Morgan fingerprint density at radius 2 is 2.15 bits per heavy atom. The molecule has 0 bridgehead atoms. The summed E-state index contributed by atoms with van der Waals surface area (Å²) in [7, 11) is 0. The zero-order chi connectivity index (χ0) is 14.5. The first kappa shape index (κ1) is 15.3. The monoisotopic (exact) mass is 281 g/mol. The Bertz CT molecular complexity index is 434. The molecule has 4 heteroatoms. The standard InChI is InChI=1S/C16H24FNO2/c1-3-11(4-2)15(19)10-18-9-14-8-12-7-13(17)5-6-16(12)20-14/h5-7,11,14-15,18-19H,3-4,8-10H2,1-2H3. The van der Waals surface area contributed by atoms with Crippen LogP contribution in [0.4, 0.5) is 4.39 Å². The van der Waals surface area contributed by atoms with E-state index in [9.17, 15) is 9.50 Å². The molecular formula is C16H24FNO2. The summed E-state index contributed by atoms with van der Waals surface area (Å²) in [5.74, 6) is 0.905. The normalized spacial score (nSPS) is 18.9. The lowest BCUT2D eigenvalue weighted by molar-refractivity contribution is 0.0978. The Hall–Kier alpha value is -1.13. The van der Waals surface area contributed by atoms with E-state index in [1.54, 1.807) is 6.07 Å². The van der Waals surface area contributed by atoms with Gasteiger partial charge in [-0.15, -0.1) is 0 Å². The van der Waals surface area contributed by atoms with Crippen LogP contribution in [0.15, 0.2) is 18.2 Å². The molecule has 1 heterocycles. The number of nitrogens with one attached hydrogen (secondary N) is 1. The van der Waals surface area contributed by atoms with E-state index in [4.69, 9.17) is 4.74 Å². The molecule has 3 nitrogen and oxygen atoms in total. The Labute approximate surface area is 120 Å². The van der Waals surface area contributed by atoms with Gasteiger partial charge in [-0.1, -0.05) is 26.7 Å². The molecule has 112 valence electrons. The molecule has 0 radical (unpaired) electrons. The zero-order valence-electron chi connectivity index (χ0n) is 12.2. The number of aliphatic hydroxyl groups excluding tert-OH is 1. The van der Waals surface area contributed by atoms with E-state index >= 15 is 0 Å². The predicted octanol–water partition coefficient (Wildman–Crippen LogP) is 2.52. The number of rotatable bonds is 7. The summed E-state index contributed by atoms with van der Waals surface area (Å²) >= 11 is 0. The predicted molar refractivity (Wildman–Crippen MR) is 77.5 cm³/mol. The summed E-state index contributed by atoms with van der Waals surface area (Å²) < 4.78 is 18.9. The SMILES string of the molecule is CCC(CC)C(O)CNCC1Cc2cc(F)ccc2O1. The van der Waals surface area contributed by atoms with Crippen LogP contribution in [0.25, 0.3) is 0 Å². The summed E-state index contributed by atoms with van der Waals surface area (Å²) in [5, 5.41) is 13.3. The van der Waals surface area contributed by atoms with Crippen molar-refractivity contribution in [2.24, 2.45) is 5.92 Å². The largest absolute Gasteiger partial charge is 0.488 e. The molecule has 0 aliphatic carbocycles. The minimum Gasteiger partial charge on any atom is -0.488 e. The van der Waals surface area contributed by atoms with Gasteiger partial charge in [0.25, 0.3) is 0 Å². The molecule has 1 aromatic rings. The molecule has 1 aromatic carbocycles. The maximum absolute atomic E-state index is 13.1. The molecule has 20 heavy (non-hydrogen) atoms. The third kappa shape index (κ3) is 3.70. The van der Waals surface area contributed by atoms with Gasteiger partial charge >= 0.3 is 0 Å². The fraction of sp³-hybridized carbons (Fsp3) is 0.625. The molecule has 0 saturated carbocycles. The van der Waals surface area contributed by atoms with Gasteiger partial charge in [-0.25, -0.2) is 4.39 Å². The van der Waals surface area contributed by atoms with Gasteiger partial charge in [0.15, 0.2) is 0 Å². The van der Waals surface area contributed by atoms with Gasteiger partial charge in [0, 0.05) is 25.1 Å². The first-order chi connectivity index (χ1) is 9.63. The van der Waals surface area contributed by atoms with Crippen molar-refractivity contribution in [3.8, 4) is 5.75 Å². The number of hydrogen-bond donors (Lipinski definition) is 2. The van der Waals surface area contributed by atoms with Gasteiger partial charge in [-0.05, 0) is 24.1 Å². The van der Waals surface area contributed by atoms with Crippen LogP contribution in [0.1, 0.15) is 32.3 Å². The van der Waals surface area contributed by atoms with Gasteiger partial charge in [0.1, 0.15) is 17.7 Å². The van der Waals surface area contributed by atoms with Crippen LogP contribution < -0.4 is 10.1 Å². The number of aliphatic hydroxyl groups is 1. The lowest BCUT2D eigenvalue weighted by Gasteiger charge is -2.21. The molecule has 2 N–H and O–H groups in total. The van der Waals surface area contributed by atoms with Crippen molar-refractivity contribution in [1.82, 2.24) is 5.32 Å². The molecule has 0 amide bonds. The van der Waals surface area contributed by atoms with Gasteiger partial charge < -0.3 is 15.2 Å². The summed E-state index contributed by atoms with van der Waals surface area (Å²) in [6.07, 6.45) is 2.42. The van der Waals surface area contributed by atoms with Crippen LogP contribution in [-0.4, -0.2) is 30.4 Å². The van der Waals surface area contributed by atoms with Crippen molar-refractivity contribution in [3.63, 3.8) is 0 Å². The van der Waals surface area contributed by atoms with Crippen molar-refractivity contribution in [2.45, 2.75) is 45.3 Å². The van der Waals surface area contributed by atoms with Crippen LogP contribution >= 0.6 is 0 Å². The molecular weight excluding hydrogens is 257 g/mol. The molecule has 2 atom stereocenters. The van der Waals surface area contributed by atoms with Crippen LogP contribution in [0.2, 0.25) is 0 Å². The third-order valence-corrected chi connectivity index (χ3v) is 4.08. The second-order valence-electron chi connectivity index (χ2n) is 5.50. The Kier molecular flexibility index (Phi) is 5.38. The van der Waals surface area contributed by atoms with Crippen molar-refractivity contribution >= 4 is 0 Å². The summed E-state index contributed by atoms with van der Waals surface area (Å²) in [5.41, 5.74) is 0.928. The average Bonchev–Trinajstić information content (AvgIpc) is 2.82. The fourth-order valence-electron chi connectivity index (χ4n) is 2.79. The molecule has 0 saturated heterocycles. The summed E-state index contributed by atoms with van der Waals surface area (Å²) in [4.78, 5) is 0. The number of halogens is 1. The Morgan fingerprint density at radius 1 is 1.40 bits per heavy atom. The highest BCUT2D eigenvalue weighted by Crippen LogP contribution is 2.28. The van der Waals surface area contributed by atoms with E-state index in [2.05, 4.69) is 19.2 Å². The van der Waals surface area contributed by atoms with E-state index < -0.39 is 0 Å². The Balaban J connectivity index is 1.75. The molecule has 1 aliphatic rings. The molecule has 2 rings (SSSR count). The number of ether oxygens (including phenoxy) is 1. The molecule has 0 fully saturated rings. The van der Waals surface area contributed by atoms with Gasteiger partial charge in [0.05, 0.1) is 6.10 Å². The summed E-state index contributed by atoms with van der Waals surface area (Å²) in [6.45, 7) is 5.45. The fourth-order valence-corrected chi connectivity index (χ4v) is 2.79. The molecule has 0 aromatic heterocycles. The highest BCUT2D eigenvalue weighted by atomic mass is 19.1. The first-order valence-electron chi connectivity index (χ1n) is 7.47. The van der Waals surface area contributed by atoms with Crippen molar-refractivity contribution in [1.29, 1.82) is 0 Å². The van der Waals surface area contributed by atoms with E-state index in [1.807, 2.05) is 0 Å². The third-order valence-electron chi connectivity index (χ3n) is 4.08. The first-order valence-corrected chi connectivity index (χ1v) is 7.47. The maximum atomic E-state index is 13.1. The average molecular weight is 281 g/mol. The van der Waals surface area contributed by atoms with Crippen LogP contribution in [-0.2, 0) is 6.42 Å². The van der Waals surface area contributed by atoms with Gasteiger partial charge in [0.2, 0.25) is 0 Å². The van der Waals surface area contributed by atoms with Gasteiger partial charge in [-0.3, -0.25) is 0 Å². The Morgan fingerprint density at radius 3 is 2.85 bits per heavy atom. The molecule has 1 aliphatic heterocycles. The highest BCUT2D eigenvalue weighted by molar-refractivity contribution is 5.37. The quantitative estimate of drug-likeness (QED) is 0.807. The minimum atomic E-state index is -0.314. The smallest absolute Gasteiger partial charge is 0.123 e. The zero-order valence-corrected chi connectivity index (χ0v) is 12.2. The van der Waals surface area contributed by atoms with E-state index in [1.165, 1.54) is 12.1 Å². The lowest BCUT2D eigenvalue weighted by atomic mass is 9.96. The van der Waals surface area contributed by atoms with Gasteiger partial charge in [-0.2, -0.15) is 0 Å². The molecule has 0 spiro atoms. The lowest BCUT2D eigenvalue weighted by Crippen LogP contribution is -2.37. The van der Waals surface area contributed by atoms with Crippen LogP contribution in [0, 0.1) is 11.7 Å². The summed E-state index contributed by atoms with van der Waals surface area (Å²) in [6, 6.07) is 4.64. The van der Waals surface area contributed by atoms with Crippen LogP contribution in [0.3, 0.4) is 0 Å². The van der Waals surface area contributed by atoms with E-state index in [0.29, 0.717) is 19.0 Å². The second-order valence-corrected chi connectivity index (χ2v) is 5.50. The molecule has 2 unspecified atom stereocenters. The van der Waals surface area contributed by atoms with E-state index in [0.717, 1.165) is 30.6 Å². The highest BCUT2D eigenvalue weighted by Gasteiger charge is 2.23. The second kappa shape index (κ2) is 7.04. The van der Waals surface area contributed by atoms with Crippen molar-refractivity contribution in [3.05, 3.63) is 29.6 Å². The number of hydrogen-bond acceptors (Lipinski definition) is 3. The van der Waals surface area contributed by atoms with Crippen LogP contribution in [0.5, 0.6) is 5.75 Å². The topological polar surface area (TPSA) is 41.5 Å². The van der Waals surface area contributed by atoms with Crippen molar-refractivity contribution < 1.29 is 14.2 Å². The minimum absolute atomic E-state index is 0.0284. The maximum Gasteiger partial charge on any atom is 0.123 e. The van der Waals surface area contributed by atoms with E-state index in [-0.39, 0.29) is 18.0 Å².